The molecule has 9 nitrogen and oxygen atoms in total. The van der Waals surface area contributed by atoms with Gasteiger partial charge >= 0.3 is 6.36 Å². The van der Waals surface area contributed by atoms with Crippen molar-refractivity contribution in [1.82, 2.24) is 25.1 Å². The lowest BCUT2D eigenvalue weighted by Gasteiger charge is -2.11. The topological polar surface area (TPSA) is 120 Å². The highest BCUT2D eigenvalue weighted by molar-refractivity contribution is 5.95. The second-order valence-electron chi connectivity index (χ2n) is 8.50. The molecule has 2 aromatic heterocycles. The Labute approximate surface area is 203 Å². The smallest absolute Gasteiger partial charge is 0.492 e. The summed E-state index contributed by atoms with van der Waals surface area (Å²) in [5.74, 6) is 0.250. The van der Waals surface area contributed by atoms with E-state index in [2.05, 4.69) is 25.2 Å². The molecule has 0 atom stereocenters. The molecule has 0 unspecified atom stereocenters. The fourth-order valence-corrected chi connectivity index (χ4v) is 3.86. The van der Waals surface area contributed by atoms with Crippen molar-refractivity contribution in [2.24, 2.45) is 0 Å². The number of rotatable bonds is 9. The Balaban J connectivity index is 1.26. The summed E-state index contributed by atoms with van der Waals surface area (Å²) >= 11 is 0. The number of nitrogens with zero attached hydrogens (tertiary/aromatic N) is 3. The number of anilines is 1. The number of H-pyrrole nitrogens is 1. The van der Waals surface area contributed by atoms with Crippen molar-refractivity contribution < 1.29 is 27.4 Å². The predicted octanol–water partition coefficient (Wildman–Crippen LogP) is 3.80. The number of aromatic nitrogens is 4. The highest BCUT2D eigenvalue weighted by atomic mass is 19.4. The summed E-state index contributed by atoms with van der Waals surface area (Å²) in [5, 5.41) is 9.93. The molecule has 1 amide bonds. The van der Waals surface area contributed by atoms with E-state index in [1.165, 1.54) is 30.5 Å². The van der Waals surface area contributed by atoms with E-state index in [4.69, 9.17) is 10.5 Å². The molecule has 0 bridgehead atoms. The number of halogens is 3. The molecular weight excluding hydrogens is 477 g/mol. The van der Waals surface area contributed by atoms with Gasteiger partial charge in [0, 0.05) is 12.5 Å². The Morgan fingerprint density at radius 1 is 1.17 bits per heavy atom. The maximum Gasteiger partial charge on any atom is 0.573 e. The number of hydrogen-bond donors (Lipinski definition) is 3. The van der Waals surface area contributed by atoms with Gasteiger partial charge in [-0.15, -0.1) is 13.2 Å². The van der Waals surface area contributed by atoms with Crippen LogP contribution in [0.2, 0.25) is 0 Å². The second-order valence-corrected chi connectivity index (χ2v) is 8.50. The number of fused-ring (bicyclic) bond motifs is 1. The number of carbonyl (C=O) groups is 1. The lowest BCUT2D eigenvalue weighted by atomic mass is 10.1. The molecule has 4 N–H and O–H groups in total. The Morgan fingerprint density at radius 3 is 2.64 bits per heavy atom. The zero-order chi connectivity index (χ0) is 25.3. The third-order valence-electron chi connectivity index (χ3n) is 5.74. The van der Waals surface area contributed by atoms with Gasteiger partial charge in [-0.2, -0.15) is 5.10 Å². The van der Waals surface area contributed by atoms with Gasteiger partial charge in [0.25, 0.3) is 5.91 Å². The summed E-state index contributed by atoms with van der Waals surface area (Å²) < 4.78 is 48.2. The molecule has 12 heteroatoms. The SMILES string of the molecule is Nc1nc2ccc(Cc3[nH]ncc3C(=O)NC3CC3)cc2n1CCOc1ccc(OC(F)(F)F)cc1. The van der Waals surface area contributed by atoms with Crippen molar-refractivity contribution in [2.75, 3.05) is 12.3 Å². The number of hydrogen-bond acceptors (Lipinski definition) is 6. The monoisotopic (exact) mass is 500 g/mol. The minimum absolute atomic E-state index is 0.133. The standard InChI is InChI=1S/C24H23F3N6O3/c25-24(26,27)36-17-6-4-16(5-7-17)35-10-9-33-21-12-14(1-8-19(21)31-23(33)28)11-20-18(13-29-32-20)22(34)30-15-2-3-15/h1,4-8,12-13,15H,2-3,9-11H2,(H2,28,31)(H,29,32)(H,30,34). The minimum atomic E-state index is -4.75. The number of ether oxygens (including phenoxy) is 2. The fraction of sp³-hybridized carbons (Fsp3) is 0.292. The van der Waals surface area contributed by atoms with Crippen LogP contribution in [0.15, 0.2) is 48.7 Å². The van der Waals surface area contributed by atoms with Crippen molar-refractivity contribution in [3.63, 3.8) is 0 Å². The number of nitrogen functional groups attached to an aromatic ring is 1. The van der Waals surface area contributed by atoms with Crippen molar-refractivity contribution in [1.29, 1.82) is 0 Å². The number of nitrogens with two attached hydrogens (primary N) is 1. The molecule has 36 heavy (non-hydrogen) atoms. The van der Waals surface area contributed by atoms with Crippen LogP contribution in [-0.2, 0) is 13.0 Å². The van der Waals surface area contributed by atoms with Crippen LogP contribution >= 0.6 is 0 Å². The van der Waals surface area contributed by atoms with Gasteiger partial charge in [-0.1, -0.05) is 6.07 Å². The molecule has 1 fully saturated rings. The highest BCUT2D eigenvalue weighted by Crippen LogP contribution is 2.26. The number of imidazole rings is 1. The summed E-state index contributed by atoms with van der Waals surface area (Å²) in [6, 6.07) is 11.1. The number of alkyl halides is 3. The fourth-order valence-electron chi connectivity index (χ4n) is 3.86. The van der Waals surface area contributed by atoms with Gasteiger partial charge in [-0.25, -0.2) is 4.98 Å². The van der Waals surface area contributed by atoms with E-state index in [0.29, 0.717) is 41.4 Å². The quantitative estimate of drug-likeness (QED) is 0.322. The number of amides is 1. The van der Waals surface area contributed by atoms with E-state index in [9.17, 15) is 18.0 Å². The predicted molar refractivity (Wildman–Crippen MR) is 125 cm³/mol. The summed E-state index contributed by atoms with van der Waals surface area (Å²) in [4.78, 5) is 16.9. The molecule has 0 saturated heterocycles. The van der Waals surface area contributed by atoms with E-state index < -0.39 is 6.36 Å². The van der Waals surface area contributed by atoms with Gasteiger partial charge in [0.15, 0.2) is 0 Å². The average molecular weight is 500 g/mol. The van der Waals surface area contributed by atoms with Crippen LogP contribution < -0.4 is 20.5 Å². The van der Waals surface area contributed by atoms with Gasteiger partial charge in [0.05, 0.1) is 35.0 Å². The molecule has 1 aliphatic carbocycles. The first-order valence-electron chi connectivity index (χ1n) is 11.3. The molecule has 0 spiro atoms. The van der Waals surface area contributed by atoms with Crippen molar-refractivity contribution in [3.05, 3.63) is 65.5 Å². The molecule has 2 heterocycles. The summed E-state index contributed by atoms with van der Waals surface area (Å²) in [7, 11) is 0. The third kappa shape index (κ3) is 5.53. The van der Waals surface area contributed by atoms with E-state index in [-0.39, 0.29) is 24.3 Å². The molecule has 2 aromatic carbocycles. The third-order valence-corrected chi connectivity index (χ3v) is 5.74. The second kappa shape index (κ2) is 9.44. The van der Waals surface area contributed by atoms with Crippen LogP contribution in [0.25, 0.3) is 11.0 Å². The van der Waals surface area contributed by atoms with Crippen molar-refractivity contribution in [3.8, 4) is 11.5 Å². The van der Waals surface area contributed by atoms with Crippen molar-refractivity contribution >= 4 is 22.9 Å². The van der Waals surface area contributed by atoms with Gasteiger partial charge in [0.1, 0.15) is 18.1 Å². The molecule has 1 saturated carbocycles. The normalized spacial score (nSPS) is 13.6. The number of aromatic amines is 1. The first kappa shape index (κ1) is 23.5. The lowest BCUT2D eigenvalue weighted by Crippen LogP contribution is -2.26. The molecule has 5 rings (SSSR count). The summed E-state index contributed by atoms with van der Waals surface area (Å²) in [6.07, 6.45) is -0.738. The Bertz CT molecular complexity index is 1380. The average Bonchev–Trinajstić information content (AvgIpc) is 3.42. The number of benzene rings is 2. The minimum Gasteiger partial charge on any atom is -0.492 e. The largest absolute Gasteiger partial charge is 0.573 e. The van der Waals surface area contributed by atoms with E-state index in [1.807, 2.05) is 18.2 Å². The van der Waals surface area contributed by atoms with Gasteiger partial charge in [-0.05, 0) is 54.8 Å². The number of carbonyl (C=O) groups excluding carboxylic acids is 1. The Hall–Kier alpha value is -4.22. The van der Waals surface area contributed by atoms with E-state index >= 15 is 0 Å². The molecule has 4 aromatic rings. The first-order chi connectivity index (χ1) is 17.2. The molecular formula is C24H23F3N6O3. The van der Waals surface area contributed by atoms with Gasteiger partial charge in [-0.3, -0.25) is 9.89 Å². The maximum absolute atomic E-state index is 12.5. The van der Waals surface area contributed by atoms with Gasteiger partial charge in [0.2, 0.25) is 5.95 Å². The van der Waals surface area contributed by atoms with Crippen LogP contribution in [0.1, 0.15) is 34.5 Å². The lowest BCUT2D eigenvalue weighted by molar-refractivity contribution is -0.274. The van der Waals surface area contributed by atoms with Crippen LogP contribution in [0, 0.1) is 0 Å². The van der Waals surface area contributed by atoms with Crippen molar-refractivity contribution in [2.45, 2.75) is 38.2 Å². The van der Waals surface area contributed by atoms with E-state index in [1.54, 1.807) is 4.57 Å². The molecule has 1 aliphatic rings. The summed E-state index contributed by atoms with van der Waals surface area (Å²) in [5.41, 5.74) is 9.80. The van der Waals surface area contributed by atoms with Crippen LogP contribution in [0.4, 0.5) is 19.1 Å². The maximum atomic E-state index is 12.5. The highest BCUT2D eigenvalue weighted by Gasteiger charge is 2.31. The Morgan fingerprint density at radius 2 is 1.92 bits per heavy atom. The molecule has 0 radical (unpaired) electrons. The number of nitrogens with one attached hydrogen (secondary N) is 2. The first-order valence-corrected chi connectivity index (χ1v) is 11.3. The zero-order valence-corrected chi connectivity index (χ0v) is 19.0. The van der Waals surface area contributed by atoms with Crippen LogP contribution in [0.3, 0.4) is 0 Å². The zero-order valence-electron chi connectivity index (χ0n) is 19.0. The molecule has 0 aliphatic heterocycles. The van der Waals surface area contributed by atoms with Crippen LogP contribution in [-0.4, -0.2) is 44.7 Å². The van der Waals surface area contributed by atoms with Crippen LogP contribution in [0.5, 0.6) is 11.5 Å². The summed E-state index contributed by atoms with van der Waals surface area (Å²) in [6.45, 7) is 0.580. The van der Waals surface area contributed by atoms with Gasteiger partial charge < -0.3 is 25.1 Å². The Kier molecular flexibility index (Phi) is 6.17. The molecule has 188 valence electrons. The van der Waals surface area contributed by atoms with E-state index in [0.717, 1.165) is 23.9 Å².